The summed E-state index contributed by atoms with van der Waals surface area (Å²) in [6, 6.07) is 10.7. The summed E-state index contributed by atoms with van der Waals surface area (Å²) in [4.78, 5) is 14.3. The Balaban J connectivity index is 1.71. The Morgan fingerprint density at radius 2 is 1.92 bits per heavy atom. The number of furan rings is 1. The van der Waals surface area contributed by atoms with Crippen molar-refractivity contribution in [1.82, 2.24) is 4.90 Å². The van der Waals surface area contributed by atoms with Gasteiger partial charge in [0.05, 0.1) is 18.1 Å². The molecule has 1 amide bonds. The molecule has 0 bridgehead atoms. The molecule has 6 nitrogen and oxygen atoms in total. The molecule has 0 N–H and O–H groups in total. The summed E-state index contributed by atoms with van der Waals surface area (Å²) in [5.41, 5.74) is 1.11. The molecule has 7 heteroatoms. The van der Waals surface area contributed by atoms with Gasteiger partial charge in [0.25, 0.3) is 5.91 Å². The van der Waals surface area contributed by atoms with Gasteiger partial charge in [-0.15, -0.1) is 0 Å². The number of rotatable bonds is 6. The van der Waals surface area contributed by atoms with Gasteiger partial charge >= 0.3 is 0 Å². The molecule has 1 fully saturated rings. The molecule has 0 saturated carbocycles. The van der Waals surface area contributed by atoms with E-state index in [0.717, 1.165) is 11.3 Å². The summed E-state index contributed by atoms with van der Waals surface area (Å²) in [7, 11) is -3.10. The molecule has 2 heterocycles. The molecule has 0 spiro atoms. The molecule has 1 aromatic carbocycles. The van der Waals surface area contributed by atoms with Crippen LogP contribution in [0.15, 0.2) is 40.8 Å². The van der Waals surface area contributed by atoms with Gasteiger partial charge in [0, 0.05) is 6.04 Å². The van der Waals surface area contributed by atoms with Crippen molar-refractivity contribution >= 4 is 15.7 Å². The smallest absolute Gasteiger partial charge is 0.261 e. The summed E-state index contributed by atoms with van der Waals surface area (Å²) in [5.74, 6) is 1.84. The maximum Gasteiger partial charge on any atom is 0.261 e. The monoisotopic (exact) mass is 377 g/mol. The van der Waals surface area contributed by atoms with E-state index in [-0.39, 0.29) is 36.6 Å². The van der Waals surface area contributed by atoms with Crippen LogP contribution in [0.4, 0.5) is 0 Å². The molecule has 140 valence electrons. The van der Waals surface area contributed by atoms with E-state index in [2.05, 4.69) is 0 Å². The van der Waals surface area contributed by atoms with Gasteiger partial charge in [0.2, 0.25) is 0 Å². The lowest BCUT2D eigenvalue weighted by atomic mass is 10.2. The number of benzene rings is 1. The summed E-state index contributed by atoms with van der Waals surface area (Å²) in [5, 5.41) is 0. The van der Waals surface area contributed by atoms with Crippen LogP contribution in [0, 0.1) is 13.8 Å². The van der Waals surface area contributed by atoms with E-state index in [1.165, 1.54) is 0 Å². The number of ether oxygens (including phenoxy) is 1. The van der Waals surface area contributed by atoms with Gasteiger partial charge in [0.15, 0.2) is 16.4 Å². The molecule has 0 radical (unpaired) electrons. The number of amides is 1. The highest BCUT2D eigenvalue weighted by atomic mass is 32.2. The van der Waals surface area contributed by atoms with Crippen molar-refractivity contribution < 1.29 is 22.4 Å². The van der Waals surface area contributed by atoms with E-state index in [1.807, 2.05) is 44.2 Å². The predicted molar refractivity (Wildman–Crippen MR) is 97.7 cm³/mol. The minimum atomic E-state index is -3.10. The Morgan fingerprint density at radius 1 is 1.19 bits per heavy atom. The summed E-state index contributed by atoms with van der Waals surface area (Å²) >= 11 is 0. The number of sulfone groups is 1. The highest BCUT2D eigenvalue weighted by Crippen LogP contribution is 2.21. The normalized spacial score (nSPS) is 18.6. The first-order chi connectivity index (χ1) is 12.3. The summed E-state index contributed by atoms with van der Waals surface area (Å²) in [6.07, 6.45) is 0.443. The molecule has 3 rings (SSSR count). The zero-order valence-corrected chi connectivity index (χ0v) is 15.8. The zero-order valence-electron chi connectivity index (χ0n) is 15.0. The van der Waals surface area contributed by atoms with Crippen LogP contribution in [-0.4, -0.2) is 43.4 Å². The molecular formula is C19H23NO5S. The number of carbonyl (C=O) groups excluding carboxylic acids is 1. The van der Waals surface area contributed by atoms with Crippen molar-refractivity contribution in [3.8, 4) is 5.75 Å². The topological polar surface area (TPSA) is 76.8 Å². The number of aryl methyl sites for hydroxylation is 2. The molecule has 0 aliphatic carbocycles. The fourth-order valence-electron chi connectivity index (χ4n) is 3.04. The van der Waals surface area contributed by atoms with Crippen LogP contribution >= 0.6 is 0 Å². The average molecular weight is 377 g/mol. The van der Waals surface area contributed by atoms with Crippen LogP contribution < -0.4 is 4.74 Å². The second-order valence-electron chi connectivity index (χ2n) is 6.69. The van der Waals surface area contributed by atoms with Crippen LogP contribution in [0.3, 0.4) is 0 Å². The third-order valence-electron chi connectivity index (χ3n) is 4.48. The minimum absolute atomic E-state index is 0.0109. The molecule has 1 aliphatic heterocycles. The van der Waals surface area contributed by atoms with E-state index in [1.54, 1.807) is 11.0 Å². The summed E-state index contributed by atoms with van der Waals surface area (Å²) in [6.45, 7) is 3.90. The van der Waals surface area contributed by atoms with Gasteiger partial charge in [-0.2, -0.15) is 0 Å². The van der Waals surface area contributed by atoms with Gasteiger partial charge in [-0.3, -0.25) is 4.79 Å². The van der Waals surface area contributed by atoms with Gasteiger partial charge < -0.3 is 14.1 Å². The van der Waals surface area contributed by atoms with E-state index in [4.69, 9.17) is 9.15 Å². The van der Waals surface area contributed by atoms with E-state index in [0.29, 0.717) is 17.9 Å². The van der Waals surface area contributed by atoms with E-state index in [9.17, 15) is 13.2 Å². The number of hydrogen-bond acceptors (Lipinski definition) is 5. The molecule has 2 aromatic rings. The molecule has 0 unspecified atom stereocenters. The van der Waals surface area contributed by atoms with Crippen LogP contribution in [-0.2, 0) is 21.2 Å². The van der Waals surface area contributed by atoms with Gasteiger partial charge in [-0.25, -0.2) is 8.42 Å². The van der Waals surface area contributed by atoms with Crippen molar-refractivity contribution in [3.05, 3.63) is 53.5 Å². The second-order valence-corrected chi connectivity index (χ2v) is 8.92. The molecular weight excluding hydrogens is 354 g/mol. The Hall–Kier alpha value is -2.28. The standard InChI is InChI=1S/C19H23NO5S/c1-14-3-6-17(7-4-14)24-12-19(21)20(11-18-8-5-15(2)25-18)16-9-10-26(22,23)13-16/h3-8,16H,9-13H2,1-2H3/t16-/m1/s1. The van der Waals surface area contributed by atoms with Gasteiger partial charge in [0.1, 0.15) is 17.3 Å². The van der Waals surface area contributed by atoms with Crippen LogP contribution in [0.5, 0.6) is 5.75 Å². The van der Waals surface area contributed by atoms with Crippen LogP contribution in [0.1, 0.15) is 23.5 Å². The Kier molecular flexibility index (Phi) is 5.36. The van der Waals surface area contributed by atoms with Gasteiger partial charge in [-0.1, -0.05) is 17.7 Å². The van der Waals surface area contributed by atoms with E-state index >= 15 is 0 Å². The molecule has 1 saturated heterocycles. The van der Waals surface area contributed by atoms with Crippen molar-refractivity contribution in [2.45, 2.75) is 32.9 Å². The predicted octanol–water partition coefficient (Wildman–Crippen LogP) is 2.49. The van der Waals surface area contributed by atoms with Gasteiger partial charge in [-0.05, 0) is 44.5 Å². The van der Waals surface area contributed by atoms with Crippen molar-refractivity contribution in [2.24, 2.45) is 0 Å². The fourth-order valence-corrected chi connectivity index (χ4v) is 4.77. The first kappa shape index (κ1) is 18.5. The lowest BCUT2D eigenvalue weighted by Gasteiger charge is -2.27. The number of carbonyl (C=O) groups is 1. The third kappa shape index (κ3) is 4.66. The average Bonchev–Trinajstić information content (AvgIpc) is 3.16. The van der Waals surface area contributed by atoms with Crippen molar-refractivity contribution in [1.29, 1.82) is 0 Å². The lowest BCUT2D eigenvalue weighted by Crippen LogP contribution is -2.43. The highest BCUT2D eigenvalue weighted by molar-refractivity contribution is 7.91. The lowest BCUT2D eigenvalue weighted by molar-refractivity contribution is -0.136. The first-order valence-electron chi connectivity index (χ1n) is 8.57. The minimum Gasteiger partial charge on any atom is -0.484 e. The zero-order chi connectivity index (χ0) is 18.7. The number of nitrogens with zero attached hydrogens (tertiary/aromatic N) is 1. The Bertz CT molecular complexity index is 870. The Morgan fingerprint density at radius 3 is 2.50 bits per heavy atom. The van der Waals surface area contributed by atoms with Crippen molar-refractivity contribution in [3.63, 3.8) is 0 Å². The molecule has 1 atom stereocenters. The van der Waals surface area contributed by atoms with E-state index < -0.39 is 9.84 Å². The summed E-state index contributed by atoms with van der Waals surface area (Å²) < 4.78 is 34.8. The largest absolute Gasteiger partial charge is 0.484 e. The first-order valence-corrected chi connectivity index (χ1v) is 10.4. The Labute approximate surface area is 153 Å². The highest BCUT2D eigenvalue weighted by Gasteiger charge is 2.35. The van der Waals surface area contributed by atoms with Crippen LogP contribution in [0.2, 0.25) is 0 Å². The van der Waals surface area contributed by atoms with Crippen LogP contribution in [0.25, 0.3) is 0 Å². The molecule has 1 aliphatic rings. The fraction of sp³-hybridized carbons (Fsp3) is 0.421. The molecule has 1 aromatic heterocycles. The maximum absolute atomic E-state index is 12.8. The third-order valence-corrected chi connectivity index (χ3v) is 6.23. The SMILES string of the molecule is Cc1ccc(OCC(=O)N(Cc2ccc(C)o2)[C@@H]2CCS(=O)(=O)C2)cc1. The maximum atomic E-state index is 12.8. The van der Waals surface area contributed by atoms with Crippen molar-refractivity contribution in [2.75, 3.05) is 18.1 Å². The molecule has 26 heavy (non-hydrogen) atoms. The quantitative estimate of drug-likeness (QED) is 0.773. The number of hydrogen-bond donors (Lipinski definition) is 0. The second kappa shape index (κ2) is 7.53.